The number of nitrogens with two attached hydrogens (primary N) is 1. The van der Waals surface area contributed by atoms with E-state index < -0.39 is 5.82 Å². The number of anilines is 1. The molecule has 0 saturated carbocycles. The Kier molecular flexibility index (Phi) is 4.28. The number of rotatable bonds is 3. The number of piperidine rings is 1. The zero-order chi connectivity index (χ0) is 13.0. The third-order valence-corrected chi connectivity index (χ3v) is 3.06. The van der Waals surface area contributed by atoms with Crippen LogP contribution in [0.15, 0.2) is 24.3 Å². The first-order valence-electron chi connectivity index (χ1n) is 6.17. The molecule has 0 bridgehead atoms. The molecule has 1 aliphatic heterocycles. The summed E-state index contributed by atoms with van der Waals surface area (Å²) >= 11 is 0. The van der Waals surface area contributed by atoms with Crippen molar-refractivity contribution in [1.29, 1.82) is 0 Å². The first-order chi connectivity index (χ1) is 8.65. The number of nitrogens with one attached hydrogen (secondary N) is 1. The van der Waals surface area contributed by atoms with Crippen LogP contribution >= 0.6 is 0 Å². The standard InChI is InChI=1S/C13H18FN3O/c14-11-5-1-2-6-12(11)16-13(18)9-17-7-3-4-10(15)8-17/h1-2,5-6,10H,3-4,7-9,15H2,(H,16,18). The van der Waals surface area contributed by atoms with Crippen molar-refractivity contribution < 1.29 is 9.18 Å². The van der Waals surface area contributed by atoms with E-state index in [4.69, 9.17) is 5.73 Å². The van der Waals surface area contributed by atoms with E-state index in [1.165, 1.54) is 6.07 Å². The van der Waals surface area contributed by atoms with Crippen molar-refractivity contribution in [1.82, 2.24) is 4.90 Å². The summed E-state index contributed by atoms with van der Waals surface area (Å²) < 4.78 is 13.3. The van der Waals surface area contributed by atoms with Crippen LogP contribution in [-0.2, 0) is 4.79 Å². The summed E-state index contributed by atoms with van der Waals surface area (Å²) in [6, 6.07) is 6.30. The Labute approximate surface area is 106 Å². The normalized spacial score (nSPS) is 20.7. The predicted octanol–water partition coefficient (Wildman–Crippen LogP) is 1.19. The number of carbonyl (C=O) groups excluding carboxylic acids is 1. The summed E-state index contributed by atoms with van der Waals surface area (Å²) in [7, 11) is 0. The van der Waals surface area contributed by atoms with Gasteiger partial charge in [-0.2, -0.15) is 0 Å². The van der Waals surface area contributed by atoms with E-state index in [0.29, 0.717) is 0 Å². The van der Waals surface area contributed by atoms with Gasteiger partial charge in [0.05, 0.1) is 12.2 Å². The average Bonchev–Trinajstić information content (AvgIpc) is 2.32. The van der Waals surface area contributed by atoms with Gasteiger partial charge in [-0.05, 0) is 31.5 Å². The van der Waals surface area contributed by atoms with Crippen LogP contribution in [0.2, 0.25) is 0 Å². The van der Waals surface area contributed by atoms with Crippen LogP contribution in [0.5, 0.6) is 0 Å². The zero-order valence-electron chi connectivity index (χ0n) is 10.2. The minimum absolute atomic E-state index is 0.139. The Bertz CT molecular complexity index is 424. The highest BCUT2D eigenvalue weighted by atomic mass is 19.1. The molecule has 2 rings (SSSR count). The van der Waals surface area contributed by atoms with Gasteiger partial charge in [0, 0.05) is 12.6 Å². The van der Waals surface area contributed by atoms with Crippen LogP contribution in [0.3, 0.4) is 0 Å². The van der Waals surface area contributed by atoms with E-state index in [9.17, 15) is 9.18 Å². The molecule has 1 amide bonds. The summed E-state index contributed by atoms with van der Waals surface area (Å²) in [5.41, 5.74) is 6.07. The lowest BCUT2D eigenvalue weighted by Gasteiger charge is -2.29. The van der Waals surface area contributed by atoms with Gasteiger partial charge in [-0.15, -0.1) is 0 Å². The lowest BCUT2D eigenvalue weighted by Crippen LogP contribution is -2.45. The van der Waals surface area contributed by atoms with Gasteiger partial charge < -0.3 is 11.1 Å². The second-order valence-corrected chi connectivity index (χ2v) is 4.67. The summed E-state index contributed by atoms with van der Waals surface area (Å²) in [4.78, 5) is 13.8. The Morgan fingerprint density at radius 2 is 2.28 bits per heavy atom. The fraction of sp³-hybridized carbons (Fsp3) is 0.462. The molecule has 18 heavy (non-hydrogen) atoms. The molecule has 1 atom stereocenters. The maximum atomic E-state index is 13.3. The highest BCUT2D eigenvalue weighted by molar-refractivity contribution is 5.92. The van der Waals surface area contributed by atoms with Gasteiger partial charge in [-0.1, -0.05) is 12.1 Å². The van der Waals surface area contributed by atoms with Crippen molar-refractivity contribution in [3.63, 3.8) is 0 Å². The molecule has 1 aromatic carbocycles. The number of benzene rings is 1. The first kappa shape index (κ1) is 13.0. The van der Waals surface area contributed by atoms with E-state index in [-0.39, 0.29) is 24.2 Å². The molecule has 1 unspecified atom stereocenters. The zero-order valence-corrected chi connectivity index (χ0v) is 10.2. The number of nitrogens with zero attached hydrogens (tertiary/aromatic N) is 1. The smallest absolute Gasteiger partial charge is 0.238 e. The second-order valence-electron chi connectivity index (χ2n) is 4.67. The Morgan fingerprint density at radius 3 is 3.00 bits per heavy atom. The van der Waals surface area contributed by atoms with Crippen molar-refractivity contribution in [2.24, 2.45) is 5.73 Å². The summed E-state index contributed by atoms with van der Waals surface area (Å²) in [5, 5.41) is 2.58. The quantitative estimate of drug-likeness (QED) is 0.848. The highest BCUT2D eigenvalue weighted by Gasteiger charge is 2.19. The van der Waals surface area contributed by atoms with Crippen molar-refractivity contribution >= 4 is 11.6 Å². The molecule has 1 heterocycles. The summed E-state index contributed by atoms with van der Waals surface area (Å²) in [6.45, 7) is 1.87. The van der Waals surface area contributed by atoms with Gasteiger partial charge in [-0.3, -0.25) is 9.69 Å². The Morgan fingerprint density at radius 1 is 1.50 bits per heavy atom. The molecule has 98 valence electrons. The fourth-order valence-electron chi connectivity index (χ4n) is 2.19. The predicted molar refractivity (Wildman–Crippen MR) is 68.7 cm³/mol. The molecule has 4 nitrogen and oxygen atoms in total. The molecule has 0 aromatic heterocycles. The van der Waals surface area contributed by atoms with Gasteiger partial charge in [0.25, 0.3) is 0 Å². The van der Waals surface area contributed by atoms with Crippen LogP contribution in [0.25, 0.3) is 0 Å². The van der Waals surface area contributed by atoms with Crippen LogP contribution in [0, 0.1) is 5.82 Å². The Hall–Kier alpha value is -1.46. The minimum Gasteiger partial charge on any atom is -0.327 e. The number of likely N-dealkylation sites (tertiary alicyclic amines) is 1. The average molecular weight is 251 g/mol. The third-order valence-electron chi connectivity index (χ3n) is 3.06. The van der Waals surface area contributed by atoms with Gasteiger partial charge in [0.1, 0.15) is 5.82 Å². The van der Waals surface area contributed by atoms with Gasteiger partial charge in [0.2, 0.25) is 5.91 Å². The lowest BCUT2D eigenvalue weighted by molar-refractivity contribution is -0.117. The number of hydrogen-bond acceptors (Lipinski definition) is 3. The minimum atomic E-state index is -0.416. The third kappa shape index (κ3) is 3.51. The topological polar surface area (TPSA) is 58.4 Å². The SMILES string of the molecule is NC1CCCN(CC(=O)Nc2ccccc2F)C1. The second kappa shape index (κ2) is 5.93. The van der Waals surface area contributed by atoms with Crippen LogP contribution in [0.4, 0.5) is 10.1 Å². The lowest BCUT2D eigenvalue weighted by atomic mass is 10.1. The molecule has 1 aliphatic rings. The molecular formula is C13H18FN3O. The number of halogens is 1. The summed E-state index contributed by atoms with van der Waals surface area (Å²) in [5.74, 6) is -0.615. The number of para-hydroxylation sites is 1. The highest BCUT2D eigenvalue weighted by Crippen LogP contribution is 2.13. The number of hydrogen-bond donors (Lipinski definition) is 2. The van der Waals surface area contributed by atoms with E-state index >= 15 is 0 Å². The van der Waals surface area contributed by atoms with E-state index in [2.05, 4.69) is 5.32 Å². The maximum Gasteiger partial charge on any atom is 0.238 e. The molecule has 0 radical (unpaired) electrons. The van der Waals surface area contributed by atoms with Gasteiger partial charge in [0.15, 0.2) is 0 Å². The van der Waals surface area contributed by atoms with E-state index in [1.54, 1.807) is 18.2 Å². The monoisotopic (exact) mass is 251 g/mol. The maximum absolute atomic E-state index is 13.3. The fourth-order valence-corrected chi connectivity index (χ4v) is 2.19. The van der Waals surface area contributed by atoms with Crippen molar-refractivity contribution in [3.05, 3.63) is 30.1 Å². The van der Waals surface area contributed by atoms with E-state index in [1.807, 2.05) is 4.90 Å². The number of carbonyl (C=O) groups is 1. The molecule has 0 spiro atoms. The van der Waals surface area contributed by atoms with Crippen molar-refractivity contribution in [2.45, 2.75) is 18.9 Å². The first-order valence-corrected chi connectivity index (χ1v) is 6.17. The molecule has 1 aromatic rings. The Balaban J connectivity index is 1.87. The molecule has 5 heteroatoms. The van der Waals surface area contributed by atoms with Crippen molar-refractivity contribution in [2.75, 3.05) is 25.0 Å². The van der Waals surface area contributed by atoms with Crippen LogP contribution in [-0.4, -0.2) is 36.5 Å². The van der Waals surface area contributed by atoms with Gasteiger partial charge >= 0.3 is 0 Å². The van der Waals surface area contributed by atoms with Gasteiger partial charge in [-0.25, -0.2) is 4.39 Å². The molecule has 1 saturated heterocycles. The number of amides is 1. The summed E-state index contributed by atoms with van der Waals surface area (Å²) in [6.07, 6.45) is 2.01. The van der Waals surface area contributed by atoms with Crippen molar-refractivity contribution in [3.8, 4) is 0 Å². The van der Waals surface area contributed by atoms with Crippen LogP contribution in [0.1, 0.15) is 12.8 Å². The molecular weight excluding hydrogens is 233 g/mol. The molecule has 0 aliphatic carbocycles. The van der Waals surface area contributed by atoms with Crippen LogP contribution < -0.4 is 11.1 Å². The molecule has 1 fully saturated rings. The molecule has 3 N–H and O–H groups in total. The van der Waals surface area contributed by atoms with E-state index in [0.717, 1.165) is 25.9 Å². The largest absolute Gasteiger partial charge is 0.327 e.